The van der Waals surface area contributed by atoms with Gasteiger partial charge >= 0.3 is 0 Å². The molecule has 64 valence electrons. The van der Waals surface area contributed by atoms with Crippen LogP contribution >= 0.6 is 0 Å². The predicted octanol–water partition coefficient (Wildman–Crippen LogP) is -0.0992. The van der Waals surface area contributed by atoms with Crippen LogP contribution in [0.25, 0.3) is 0 Å². The molecule has 0 aromatic heterocycles. The number of nitrogens with zero attached hydrogens (tertiary/aromatic N) is 2. The van der Waals surface area contributed by atoms with Gasteiger partial charge in [0.05, 0.1) is 13.3 Å². The lowest BCUT2D eigenvalue weighted by Gasteiger charge is -2.42. The molecule has 2 fully saturated rings. The van der Waals surface area contributed by atoms with Gasteiger partial charge < -0.3 is 4.90 Å². The molecule has 0 amide bonds. The van der Waals surface area contributed by atoms with E-state index in [9.17, 15) is 0 Å². The van der Waals surface area contributed by atoms with Crippen molar-refractivity contribution in [3.05, 3.63) is 0 Å². The number of hydrogen-bond donors (Lipinski definition) is 1. The van der Waals surface area contributed by atoms with Crippen molar-refractivity contribution in [2.75, 3.05) is 33.5 Å². The molecule has 3 heteroatoms. The second-order valence-electron chi connectivity index (χ2n) is 3.69. The van der Waals surface area contributed by atoms with Crippen molar-refractivity contribution in [3.8, 4) is 0 Å². The number of hydrogen-bond acceptors (Lipinski definition) is 3. The van der Waals surface area contributed by atoms with Crippen LogP contribution < -0.4 is 5.32 Å². The molecule has 2 saturated heterocycles. The highest BCUT2D eigenvalue weighted by Crippen LogP contribution is 2.16. The third-order valence-corrected chi connectivity index (χ3v) is 2.83. The van der Waals surface area contributed by atoms with Crippen LogP contribution in [0.4, 0.5) is 0 Å². The molecular formula is C8H17N3. The summed E-state index contributed by atoms with van der Waals surface area (Å²) in [5, 5.41) is 3.28. The zero-order valence-corrected chi connectivity index (χ0v) is 7.21. The molecule has 2 rings (SSSR count). The van der Waals surface area contributed by atoms with Crippen LogP contribution in [-0.4, -0.2) is 49.3 Å². The van der Waals surface area contributed by atoms with Gasteiger partial charge in [-0.3, -0.25) is 10.2 Å². The summed E-state index contributed by atoms with van der Waals surface area (Å²) in [6, 6.07) is 0.868. The van der Waals surface area contributed by atoms with E-state index in [1.807, 2.05) is 0 Å². The van der Waals surface area contributed by atoms with E-state index in [-0.39, 0.29) is 0 Å². The molecule has 3 nitrogen and oxygen atoms in total. The molecule has 2 aliphatic heterocycles. The van der Waals surface area contributed by atoms with E-state index in [2.05, 4.69) is 22.2 Å². The summed E-state index contributed by atoms with van der Waals surface area (Å²) in [5.41, 5.74) is 0. The van der Waals surface area contributed by atoms with Crippen molar-refractivity contribution in [2.45, 2.75) is 18.9 Å². The van der Waals surface area contributed by atoms with Crippen LogP contribution in [0.2, 0.25) is 0 Å². The third kappa shape index (κ3) is 1.55. The zero-order valence-electron chi connectivity index (χ0n) is 7.21. The lowest BCUT2D eigenvalue weighted by Crippen LogP contribution is -2.58. The molecule has 0 unspecified atom stereocenters. The monoisotopic (exact) mass is 155 g/mol. The van der Waals surface area contributed by atoms with Gasteiger partial charge in [-0.15, -0.1) is 0 Å². The topological polar surface area (TPSA) is 18.5 Å². The molecule has 0 aromatic rings. The molecule has 0 aromatic carbocycles. The predicted molar refractivity (Wildman–Crippen MR) is 45.2 cm³/mol. The van der Waals surface area contributed by atoms with Gasteiger partial charge in [0.25, 0.3) is 0 Å². The van der Waals surface area contributed by atoms with Crippen LogP contribution in [0.5, 0.6) is 0 Å². The van der Waals surface area contributed by atoms with E-state index in [1.165, 1.54) is 25.9 Å². The van der Waals surface area contributed by atoms with E-state index in [0.717, 1.165) is 19.4 Å². The molecule has 0 atom stereocenters. The Bertz CT molecular complexity index is 125. The van der Waals surface area contributed by atoms with Crippen LogP contribution in [0.15, 0.2) is 0 Å². The van der Waals surface area contributed by atoms with Gasteiger partial charge in [0.1, 0.15) is 0 Å². The number of rotatable bonds is 1. The molecule has 1 N–H and O–H groups in total. The fraction of sp³-hybridized carbons (Fsp3) is 1.00. The highest BCUT2D eigenvalue weighted by molar-refractivity contribution is 4.80. The molecule has 0 saturated carbocycles. The molecule has 0 spiro atoms. The first-order valence-corrected chi connectivity index (χ1v) is 4.49. The van der Waals surface area contributed by atoms with E-state index in [4.69, 9.17) is 0 Å². The molecular weight excluding hydrogens is 138 g/mol. The van der Waals surface area contributed by atoms with E-state index in [0.29, 0.717) is 0 Å². The molecule has 11 heavy (non-hydrogen) atoms. The minimum absolute atomic E-state index is 0.868. The van der Waals surface area contributed by atoms with Crippen molar-refractivity contribution in [1.29, 1.82) is 0 Å². The number of likely N-dealkylation sites (tertiary alicyclic amines) is 1. The summed E-state index contributed by atoms with van der Waals surface area (Å²) in [7, 11) is 2.21. The zero-order chi connectivity index (χ0) is 7.68. The lowest BCUT2D eigenvalue weighted by atomic mass is 10.0. The molecule has 0 aliphatic carbocycles. The average molecular weight is 155 g/mol. The minimum Gasteiger partial charge on any atom is -0.306 e. The van der Waals surface area contributed by atoms with E-state index in [1.54, 1.807) is 0 Å². The van der Waals surface area contributed by atoms with Gasteiger partial charge in [-0.1, -0.05) is 0 Å². The fourth-order valence-corrected chi connectivity index (χ4v) is 1.86. The lowest BCUT2D eigenvalue weighted by molar-refractivity contribution is 0.0455. The summed E-state index contributed by atoms with van der Waals surface area (Å²) < 4.78 is 0. The maximum absolute atomic E-state index is 3.28. The first kappa shape index (κ1) is 7.53. The minimum atomic E-state index is 0.868. The second-order valence-corrected chi connectivity index (χ2v) is 3.69. The van der Waals surface area contributed by atoms with Gasteiger partial charge in [-0.25, -0.2) is 0 Å². The van der Waals surface area contributed by atoms with Gasteiger partial charge in [-0.05, 0) is 33.0 Å². The molecule has 2 heterocycles. The van der Waals surface area contributed by atoms with Gasteiger partial charge in [0.2, 0.25) is 0 Å². The van der Waals surface area contributed by atoms with Crippen molar-refractivity contribution in [1.82, 2.24) is 15.1 Å². The third-order valence-electron chi connectivity index (χ3n) is 2.83. The average Bonchev–Trinajstić information content (AvgIpc) is 1.90. The Balaban J connectivity index is 1.77. The summed E-state index contributed by atoms with van der Waals surface area (Å²) in [6.45, 7) is 4.80. The largest absolute Gasteiger partial charge is 0.306 e. The maximum atomic E-state index is 3.28. The highest BCUT2D eigenvalue weighted by Gasteiger charge is 2.25. The van der Waals surface area contributed by atoms with Gasteiger partial charge in [-0.2, -0.15) is 0 Å². The summed E-state index contributed by atoms with van der Waals surface area (Å²) in [4.78, 5) is 4.96. The molecule has 0 bridgehead atoms. The summed E-state index contributed by atoms with van der Waals surface area (Å²) >= 11 is 0. The fourth-order valence-electron chi connectivity index (χ4n) is 1.86. The van der Waals surface area contributed by atoms with E-state index < -0.39 is 0 Å². The van der Waals surface area contributed by atoms with Crippen LogP contribution in [0.1, 0.15) is 12.8 Å². The van der Waals surface area contributed by atoms with Crippen molar-refractivity contribution in [3.63, 3.8) is 0 Å². The van der Waals surface area contributed by atoms with Crippen molar-refractivity contribution >= 4 is 0 Å². The Kier molecular flexibility index (Phi) is 2.11. The summed E-state index contributed by atoms with van der Waals surface area (Å²) in [6.07, 6.45) is 2.72. The van der Waals surface area contributed by atoms with Crippen molar-refractivity contribution < 1.29 is 0 Å². The normalized spacial score (nSPS) is 30.3. The molecule has 2 aliphatic rings. The Hall–Kier alpha value is -0.120. The Morgan fingerprint density at radius 1 is 1.18 bits per heavy atom. The Morgan fingerprint density at radius 3 is 2.27 bits per heavy atom. The maximum Gasteiger partial charge on any atom is 0.0505 e. The molecule has 0 radical (unpaired) electrons. The smallest absolute Gasteiger partial charge is 0.0505 e. The number of piperidine rings is 1. The van der Waals surface area contributed by atoms with Gasteiger partial charge in [0, 0.05) is 6.04 Å². The van der Waals surface area contributed by atoms with Crippen LogP contribution in [0, 0.1) is 0 Å². The standard InChI is InChI=1S/C8H17N3/c1-10-4-2-8(3-5-10)11-6-9-7-11/h8-9H,2-7H2,1H3. The van der Waals surface area contributed by atoms with Crippen LogP contribution in [0.3, 0.4) is 0 Å². The van der Waals surface area contributed by atoms with E-state index >= 15 is 0 Å². The first-order chi connectivity index (χ1) is 5.36. The quantitative estimate of drug-likeness (QED) is 0.570. The SMILES string of the molecule is CN1CCC(N2CNC2)CC1. The number of nitrogens with one attached hydrogen (secondary N) is 1. The summed E-state index contributed by atoms with van der Waals surface area (Å²) in [5.74, 6) is 0. The Morgan fingerprint density at radius 2 is 1.82 bits per heavy atom. The van der Waals surface area contributed by atoms with Gasteiger partial charge in [0.15, 0.2) is 0 Å². The first-order valence-electron chi connectivity index (χ1n) is 4.49. The second kappa shape index (κ2) is 3.09. The Labute approximate surface area is 68.4 Å². The van der Waals surface area contributed by atoms with Crippen LogP contribution in [-0.2, 0) is 0 Å². The highest BCUT2D eigenvalue weighted by atomic mass is 15.4. The van der Waals surface area contributed by atoms with Crippen molar-refractivity contribution in [2.24, 2.45) is 0 Å².